The zero-order valence-electron chi connectivity index (χ0n) is 10.8. The summed E-state index contributed by atoms with van der Waals surface area (Å²) < 4.78 is 5.37. The number of hydrogen-bond acceptors (Lipinski definition) is 4. The first-order valence-electron chi connectivity index (χ1n) is 6.30. The number of anilines is 1. The van der Waals surface area contributed by atoms with Crippen LogP contribution >= 0.6 is 0 Å². The van der Waals surface area contributed by atoms with Crippen LogP contribution in [0, 0.1) is 11.3 Å². The van der Waals surface area contributed by atoms with Gasteiger partial charge in [0.1, 0.15) is 5.41 Å². The Morgan fingerprint density at radius 3 is 2.75 bits per heavy atom. The second-order valence-electron chi connectivity index (χ2n) is 4.74. The molecule has 4 heteroatoms. The largest absolute Gasteiger partial charge is 0.427 e. The second kappa shape index (κ2) is 4.71. The summed E-state index contributed by atoms with van der Waals surface area (Å²) in [7, 11) is 0. The third kappa shape index (κ3) is 1.99. The van der Waals surface area contributed by atoms with Gasteiger partial charge in [0.05, 0.1) is 12.3 Å². The van der Waals surface area contributed by atoms with E-state index in [1.807, 2.05) is 48.6 Å². The maximum atomic E-state index is 9.61. The van der Waals surface area contributed by atoms with Crippen LogP contribution in [-0.4, -0.2) is 4.98 Å². The van der Waals surface area contributed by atoms with E-state index in [-0.39, 0.29) is 6.01 Å². The first-order chi connectivity index (χ1) is 9.73. The predicted molar refractivity (Wildman–Crippen MR) is 76.4 cm³/mol. The lowest BCUT2D eigenvalue weighted by atomic mass is 9.76. The van der Waals surface area contributed by atoms with E-state index in [1.54, 1.807) is 0 Å². The normalized spacial score (nSPS) is 21.2. The smallest absolute Gasteiger partial charge is 0.292 e. The van der Waals surface area contributed by atoms with Crippen LogP contribution in [0.4, 0.5) is 6.01 Å². The van der Waals surface area contributed by atoms with E-state index >= 15 is 0 Å². The second-order valence-corrected chi connectivity index (χ2v) is 4.74. The summed E-state index contributed by atoms with van der Waals surface area (Å²) in [6.45, 7) is 0. The zero-order chi connectivity index (χ0) is 14.0. The Morgan fingerprint density at radius 1 is 1.30 bits per heavy atom. The Kier molecular flexibility index (Phi) is 2.88. The molecule has 0 saturated heterocycles. The van der Waals surface area contributed by atoms with Gasteiger partial charge in [-0.05, 0) is 11.1 Å². The summed E-state index contributed by atoms with van der Waals surface area (Å²) in [4.78, 5) is 3.89. The fourth-order valence-electron chi connectivity index (χ4n) is 2.39. The molecular weight excluding hydrogens is 250 g/mol. The summed E-state index contributed by atoms with van der Waals surface area (Å²) in [5.74, 6) is 0.482. The highest BCUT2D eigenvalue weighted by Gasteiger charge is 2.36. The maximum Gasteiger partial charge on any atom is 0.292 e. The topological polar surface area (TPSA) is 75.8 Å². The molecule has 1 unspecified atom stereocenters. The fraction of sp³-hybridized carbons (Fsp3) is 0.125. The minimum absolute atomic E-state index is 0.0823. The molecule has 0 radical (unpaired) electrons. The van der Waals surface area contributed by atoms with Crippen molar-refractivity contribution in [2.45, 2.75) is 11.8 Å². The molecule has 1 aromatic heterocycles. The van der Waals surface area contributed by atoms with Crippen molar-refractivity contribution in [3.63, 3.8) is 0 Å². The number of nitriles is 1. The van der Waals surface area contributed by atoms with Crippen molar-refractivity contribution in [3.8, 4) is 6.07 Å². The van der Waals surface area contributed by atoms with Gasteiger partial charge in [-0.1, -0.05) is 48.6 Å². The Bertz CT molecular complexity index is 722. The summed E-state index contributed by atoms with van der Waals surface area (Å²) in [6, 6.07) is 12.4. The summed E-state index contributed by atoms with van der Waals surface area (Å²) >= 11 is 0. The van der Waals surface area contributed by atoms with Gasteiger partial charge in [0.2, 0.25) is 0 Å². The quantitative estimate of drug-likeness (QED) is 0.903. The van der Waals surface area contributed by atoms with Gasteiger partial charge < -0.3 is 10.2 Å². The van der Waals surface area contributed by atoms with Crippen LogP contribution < -0.4 is 5.73 Å². The van der Waals surface area contributed by atoms with Gasteiger partial charge in [-0.15, -0.1) is 0 Å². The standard InChI is InChI=1S/C16H13N3O/c17-11-16(14-10-19-15(18)20-14)8-4-7-13(9-16)12-5-2-1-3-6-12/h1-8,10H,9H2,(H2,18,19). The number of rotatable bonds is 2. The van der Waals surface area contributed by atoms with Crippen LogP contribution in [0.15, 0.2) is 59.2 Å². The molecule has 0 aliphatic heterocycles. The van der Waals surface area contributed by atoms with Crippen molar-refractivity contribution in [2.24, 2.45) is 0 Å². The number of aromatic nitrogens is 1. The molecule has 4 nitrogen and oxygen atoms in total. The molecule has 20 heavy (non-hydrogen) atoms. The molecule has 0 amide bonds. The summed E-state index contributed by atoms with van der Waals surface area (Å²) in [5, 5.41) is 9.61. The SMILES string of the molecule is N#CC1(c2cnc(N)o2)C=CC=C(c2ccccc2)C1. The molecule has 1 heterocycles. The third-order valence-electron chi connectivity index (χ3n) is 3.45. The number of nitrogens with zero attached hydrogens (tertiary/aromatic N) is 2. The molecule has 98 valence electrons. The Labute approximate surface area is 116 Å². The highest BCUT2D eigenvalue weighted by Crippen LogP contribution is 2.39. The van der Waals surface area contributed by atoms with Crippen molar-refractivity contribution in [1.29, 1.82) is 5.26 Å². The third-order valence-corrected chi connectivity index (χ3v) is 3.45. The number of oxazole rings is 1. The molecule has 1 aromatic carbocycles. The van der Waals surface area contributed by atoms with E-state index in [9.17, 15) is 5.26 Å². The highest BCUT2D eigenvalue weighted by atomic mass is 16.4. The first-order valence-corrected chi connectivity index (χ1v) is 6.30. The molecule has 2 N–H and O–H groups in total. The molecule has 0 saturated carbocycles. The van der Waals surface area contributed by atoms with Gasteiger partial charge >= 0.3 is 0 Å². The molecule has 1 aliphatic rings. The van der Waals surface area contributed by atoms with Crippen molar-refractivity contribution < 1.29 is 4.42 Å². The fourth-order valence-corrected chi connectivity index (χ4v) is 2.39. The summed E-state index contributed by atoms with van der Waals surface area (Å²) in [5.41, 5.74) is 6.86. The minimum Gasteiger partial charge on any atom is -0.427 e. The lowest BCUT2D eigenvalue weighted by molar-refractivity contribution is 0.463. The van der Waals surface area contributed by atoms with Crippen LogP contribution in [0.1, 0.15) is 17.7 Å². The molecule has 3 rings (SSSR count). The number of allylic oxidation sites excluding steroid dienone is 4. The zero-order valence-corrected chi connectivity index (χ0v) is 10.8. The van der Waals surface area contributed by atoms with Crippen LogP contribution in [0.2, 0.25) is 0 Å². The van der Waals surface area contributed by atoms with Crippen molar-refractivity contribution >= 4 is 11.6 Å². The molecule has 1 aliphatic carbocycles. The van der Waals surface area contributed by atoms with E-state index in [1.165, 1.54) is 6.20 Å². The summed E-state index contributed by atoms with van der Waals surface area (Å²) in [6.07, 6.45) is 7.80. The molecular formula is C16H13N3O. The molecule has 0 bridgehead atoms. The number of nitrogen functional groups attached to an aromatic ring is 1. The van der Waals surface area contributed by atoms with E-state index < -0.39 is 5.41 Å². The van der Waals surface area contributed by atoms with E-state index in [0.717, 1.165) is 11.1 Å². The molecule has 2 aromatic rings. The van der Waals surface area contributed by atoms with Crippen molar-refractivity contribution in [1.82, 2.24) is 4.98 Å². The van der Waals surface area contributed by atoms with Gasteiger partial charge in [-0.25, -0.2) is 4.98 Å². The van der Waals surface area contributed by atoms with Gasteiger partial charge in [-0.2, -0.15) is 5.26 Å². The van der Waals surface area contributed by atoms with E-state index in [4.69, 9.17) is 10.2 Å². The van der Waals surface area contributed by atoms with Crippen LogP contribution in [0.5, 0.6) is 0 Å². The highest BCUT2D eigenvalue weighted by molar-refractivity contribution is 5.71. The average molecular weight is 263 g/mol. The van der Waals surface area contributed by atoms with Crippen molar-refractivity contribution in [3.05, 3.63) is 66.1 Å². The van der Waals surface area contributed by atoms with Gasteiger partial charge in [0.15, 0.2) is 5.76 Å². The Hall–Kier alpha value is -2.80. The number of nitrogens with two attached hydrogens (primary N) is 1. The maximum absolute atomic E-state index is 9.61. The van der Waals surface area contributed by atoms with Gasteiger partial charge in [0, 0.05) is 6.42 Å². The Balaban J connectivity index is 2.00. The number of benzene rings is 1. The van der Waals surface area contributed by atoms with E-state index in [0.29, 0.717) is 12.2 Å². The van der Waals surface area contributed by atoms with Crippen molar-refractivity contribution in [2.75, 3.05) is 5.73 Å². The van der Waals surface area contributed by atoms with Crippen LogP contribution in [-0.2, 0) is 5.41 Å². The lowest BCUT2D eigenvalue weighted by Gasteiger charge is -2.24. The number of hydrogen-bond donors (Lipinski definition) is 1. The molecule has 1 atom stereocenters. The average Bonchev–Trinajstić information content (AvgIpc) is 2.95. The Morgan fingerprint density at radius 2 is 2.10 bits per heavy atom. The molecule has 0 spiro atoms. The predicted octanol–water partition coefficient (Wildman–Crippen LogP) is 3.06. The monoisotopic (exact) mass is 263 g/mol. The lowest BCUT2D eigenvalue weighted by Crippen LogP contribution is -2.23. The van der Waals surface area contributed by atoms with Crippen LogP contribution in [0.3, 0.4) is 0 Å². The minimum atomic E-state index is -0.843. The molecule has 0 fully saturated rings. The van der Waals surface area contributed by atoms with Gasteiger partial charge in [-0.3, -0.25) is 0 Å². The van der Waals surface area contributed by atoms with E-state index in [2.05, 4.69) is 11.1 Å². The first kappa shape index (κ1) is 12.2. The van der Waals surface area contributed by atoms with Gasteiger partial charge in [0.25, 0.3) is 6.01 Å². The van der Waals surface area contributed by atoms with Crippen LogP contribution in [0.25, 0.3) is 5.57 Å².